The van der Waals surface area contributed by atoms with E-state index >= 15 is 0 Å². The van der Waals surface area contributed by atoms with Gasteiger partial charge in [0.25, 0.3) is 5.91 Å². The molecular weight excluding hydrogens is 460 g/mol. The Hall–Kier alpha value is -2.13. The largest absolute Gasteiger partial charge is 0.376 e. The number of anilines is 2. The van der Waals surface area contributed by atoms with E-state index in [1.807, 2.05) is 29.8 Å². The minimum absolute atomic E-state index is 0.0222. The van der Waals surface area contributed by atoms with Gasteiger partial charge in [-0.1, -0.05) is 27.5 Å². The molecule has 1 atom stereocenters. The molecule has 152 valence electrons. The monoisotopic (exact) mass is 478 g/mol. The molecular formula is C20H20BrClN4O3. The molecule has 9 heteroatoms. The van der Waals surface area contributed by atoms with E-state index in [9.17, 15) is 4.79 Å². The summed E-state index contributed by atoms with van der Waals surface area (Å²) >= 11 is 9.73. The minimum Gasteiger partial charge on any atom is -0.376 e. The van der Waals surface area contributed by atoms with Gasteiger partial charge < -0.3 is 14.6 Å². The number of hydrogen-bond donors (Lipinski definition) is 2. The third kappa shape index (κ3) is 4.56. The zero-order valence-corrected chi connectivity index (χ0v) is 18.1. The first-order valence-electron chi connectivity index (χ1n) is 9.22. The zero-order chi connectivity index (χ0) is 20.4. The lowest BCUT2D eigenvalue weighted by Crippen LogP contribution is -2.28. The summed E-state index contributed by atoms with van der Waals surface area (Å²) in [5.41, 5.74) is 5.81. The van der Waals surface area contributed by atoms with Crippen molar-refractivity contribution < 1.29 is 14.4 Å². The van der Waals surface area contributed by atoms with E-state index in [0.717, 1.165) is 35.0 Å². The Morgan fingerprint density at radius 3 is 3.00 bits per heavy atom. The van der Waals surface area contributed by atoms with Crippen molar-refractivity contribution in [1.29, 1.82) is 0 Å². The number of carbonyl (C=O) groups excluding carboxylic acids is 1. The molecule has 1 unspecified atom stereocenters. The van der Waals surface area contributed by atoms with E-state index in [4.69, 9.17) is 21.2 Å². The van der Waals surface area contributed by atoms with Gasteiger partial charge in [-0.15, -0.1) is 0 Å². The van der Waals surface area contributed by atoms with Crippen LogP contribution in [0.2, 0.25) is 5.02 Å². The summed E-state index contributed by atoms with van der Waals surface area (Å²) in [5.74, 6) is -0.359. The highest BCUT2D eigenvalue weighted by molar-refractivity contribution is 9.10. The number of rotatable bonds is 6. The molecule has 2 N–H and O–H groups in total. The van der Waals surface area contributed by atoms with E-state index in [1.54, 1.807) is 18.5 Å². The molecule has 0 saturated carbocycles. The molecule has 1 amide bonds. The fourth-order valence-electron chi connectivity index (χ4n) is 3.23. The van der Waals surface area contributed by atoms with Crippen LogP contribution in [0.4, 0.5) is 11.4 Å². The van der Waals surface area contributed by atoms with Crippen molar-refractivity contribution in [2.45, 2.75) is 18.9 Å². The number of hydrogen-bond acceptors (Lipinski definition) is 5. The van der Waals surface area contributed by atoms with E-state index in [-0.39, 0.29) is 12.0 Å². The molecule has 1 aromatic heterocycles. The van der Waals surface area contributed by atoms with Crippen LogP contribution in [0.5, 0.6) is 0 Å². The highest BCUT2D eigenvalue weighted by Crippen LogP contribution is 2.31. The van der Waals surface area contributed by atoms with Gasteiger partial charge in [0.05, 0.1) is 45.4 Å². The summed E-state index contributed by atoms with van der Waals surface area (Å²) < 4.78 is 8.24. The Kier molecular flexibility index (Phi) is 6.05. The van der Waals surface area contributed by atoms with Gasteiger partial charge in [-0.2, -0.15) is 0 Å². The Morgan fingerprint density at radius 2 is 2.24 bits per heavy atom. The van der Waals surface area contributed by atoms with Crippen molar-refractivity contribution in [3.05, 3.63) is 51.7 Å². The molecule has 29 heavy (non-hydrogen) atoms. The highest BCUT2D eigenvalue weighted by Gasteiger charge is 2.19. The van der Waals surface area contributed by atoms with E-state index in [0.29, 0.717) is 28.6 Å². The second-order valence-corrected chi connectivity index (χ2v) is 8.19. The molecule has 1 aliphatic rings. The number of aryl methyl sites for hydroxylation is 1. The smallest absolute Gasteiger partial charge is 0.277 e. The summed E-state index contributed by atoms with van der Waals surface area (Å²) in [6.07, 6.45) is 3.68. The molecule has 0 aliphatic carbocycles. The predicted octanol–water partition coefficient (Wildman–Crippen LogP) is 4.57. The van der Waals surface area contributed by atoms with Crippen molar-refractivity contribution >= 4 is 55.8 Å². The van der Waals surface area contributed by atoms with Crippen LogP contribution < -0.4 is 10.8 Å². The first-order valence-corrected chi connectivity index (χ1v) is 10.4. The fourth-order valence-corrected chi connectivity index (χ4v) is 3.95. The Bertz CT molecular complexity index is 1050. The van der Waals surface area contributed by atoms with E-state index in [2.05, 4.69) is 31.7 Å². The molecule has 1 fully saturated rings. The van der Waals surface area contributed by atoms with Crippen molar-refractivity contribution in [1.82, 2.24) is 15.0 Å². The number of halogens is 2. The number of imidazole rings is 1. The number of nitrogens with one attached hydrogen (secondary N) is 2. The van der Waals surface area contributed by atoms with Crippen LogP contribution in [0.1, 0.15) is 23.2 Å². The van der Waals surface area contributed by atoms with Gasteiger partial charge in [0.2, 0.25) is 0 Å². The van der Waals surface area contributed by atoms with Crippen LogP contribution in [0.25, 0.3) is 11.0 Å². The SMILES string of the molecule is Cn1cnc2cc(Nc3ccc(Br)cc3Cl)c(C(=O)NOCC3CCCO3)cc21. The summed E-state index contributed by atoms with van der Waals surface area (Å²) in [7, 11) is 1.88. The third-order valence-electron chi connectivity index (χ3n) is 4.77. The Balaban J connectivity index is 1.60. The maximum Gasteiger partial charge on any atom is 0.277 e. The van der Waals surface area contributed by atoms with Crippen LogP contribution in [0, 0.1) is 0 Å². The van der Waals surface area contributed by atoms with Crippen molar-refractivity contribution in [2.75, 3.05) is 18.5 Å². The second-order valence-electron chi connectivity index (χ2n) is 6.87. The lowest BCUT2D eigenvalue weighted by molar-refractivity contribution is -0.0220. The van der Waals surface area contributed by atoms with E-state index < -0.39 is 0 Å². The van der Waals surface area contributed by atoms with Gasteiger partial charge >= 0.3 is 0 Å². The van der Waals surface area contributed by atoms with Gasteiger partial charge in [-0.3, -0.25) is 9.63 Å². The molecule has 0 spiro atoms. The van der Waals surface area contributed by atoms with Gasteiger partial charge in [0.1, 0.15) is 6.61 Å². The highest BCUT2D eigenvalue weighted by atomic mass is 79.9. The maximum absolute atomic E-state index is 12.9. The fraction of sp³-hybridized carbons (Fsp3) is 0.300. The van der Waals surface area contributed by atoms with Crippen molar-refractivity contribution in [3.8, 4) is 0 Å². The Morgan fingerprint density at radius 1 is 1.38 bits per heavy atom. The zero-order valence-electron chi connectivity index (χ0n) is 15.7. The number of carbonyl (C=O) groups is 1. The number of fused-ring (bicyclic) bond motifs is 1. The number of ether oxygens (including phenoxy) is 1. The van der Waals surface area contributed by atoms with Gasteiger partial charge in [0, 0.05) is 18.1 Å². The van der Waals surface area contributed by atoms with Crippen LogP contribution in [-0.4, -0.2) is 34.8 Å². The van der Waals surface area contributed by atoms with Crippen LogP contribution in [0.3, 0.4) is 0 Å². The molecule has 4 rings (SSSR count). The lowest BCUT2D eigenvalue weighted by atomic mass is 10.1. The lowest BCUT2D eigenvalue weighted by Gasteiger charge is -2.15. The second kappa shape index (κ2) is 8.71. The minimum atomic E-state index is -0.359. The number of aromatic nitrogens is 2. The van der Waals surface area contributed by atoms with Crippen molar-refractivity contribution in [2.24, 2.45) is 7.05 Å². The third-order valence-corrected chi connectivity index (χ3v) is 5.57. The summed E-state index contributed by atoms with van der Waals surface area (Å²) in [6.45, 7) is 1.06. The number of benzene rings is 2. The summed E-state index contributed by atoms with van der Waals surface area (Å²) in [4.78, 5) is 22.6. The first kappa shape index (κ1) is 20.2. The molecule has 7 nitrogen and oxygen atoms in total. The van der Waals surface area contributed by atoms with Gasteiger partial charge in [-0.05, 0) is 43.2 Å². The molecule has 2 heterocycles. The number of hydroxylamine groups is 1. The molecule has 1 aliphatic heterocycles. The molecule has 0 radical (unpaired) electrons. The van der Waals surface area contributed by atoms with Crippen molar-refractivity contribution in [3.63, 3.8) is 0 Å². The topological polar surface area (TPSA) is 77.4 Å². The molecule has 2 aromatic carbocycles. The molecule has 3 aromatic rings. The normalized spacial score (nSPS) is 16.3. The summed E-state index contributed by atoms with van der Waals surface area (Å²) in [5, 5.41) is 3.77. The number of nitrogens with zero attached hydrogens (tertiary/aromatic N) is 2. The Labute approximate surface area is 181 Å². The van der Waals surface area contributed by atoms with E-state index in [1.165, 1.54) is 0 Å². The number of amides is 1. The van der Waals surface area contributed by atoms with Gasteiger partial charge in [-0.25, -0.2) is 10.5 Å². The standard InChI is InChI=1S/C20H20BrClN4O3/c1-26-11-23-18-9-17(24-16-5-4-12(21)7-15(16)22)14(8-19(18)26)20(27)25-29-10-13-3-2-6-28-13/h4-5,7-9,11,13,24H,2-3,6,10H2,1H3,(H,25,27). The molecule has 0 bridgehead atoms. The predicted molar refractivity (Wildman–Crippen MR) is 116 cm³/mol. The van der Waals surface area contributed by atoms with Gasteiger partial charge in [0.15, 0.2) is 0 Å². The van der Waals surface area contributed by atoms with Crippen LogP contribution in [0.15, 0.2) is 41.1 Å². The maximum atomic E-state index is 12.9. The quantitative estimate of drug-likeness (QED) is 0.506. The molecule has 1 saturated heterocycles. The summed E-state index contributed by atoms with van der Waals surface area (Å²) in [6, 6.07) is 9.10. The van der Waals surface area contributed by atoms with Crippen LogP contribution in [-0.2, 0) is 16.6 Å². The van der Waals surface area contributed by atoms with Crippen LogP contribution >= 0.6 is 27.5 Å². The first-order chi connectivity index (χ1) is 14.0. The average molecular weight is 480 g/mol. The average Bonchev–Trinajstić information content (AvgIpc) is 3.33.